The minimum atomic E-state index is -0.976. The summed E-state index contributed by atoms with van der Waals surface area (Å²) < 4.78 is 0. The van der Waals surface area contributed by atoms with Crippen LogP contribution in [-0.4, -0.2) is 17.0 Å². The molecule has 1 unspecified atom stereocenters. The lowest BCUT2D eigenvalue weighted by Gasteiger charge is -2.17. The molecular formula is C14H12ClNO3S. The number of carboxylic acids is 1. The van der Waals surface area contributed by atoms with Crippen molar-refractivity contribution in [1.82, 2.24) is 5.32 Å². The third-order valence-electron chi connectivity index (χ3n) is 2.71. The maximum atomic E-state index is 12.1. The van der Waals surface area contributed by atoms with Gasteiger partial charge in [-0.1, -0.05) is 41.9 Å². The van der Waals surface area contributed by atoms with E-state index in [2.05, 4.69) is 5.32 Å². The zero-order valence-corrected chi connectivity index (χ0v) is 11.9. The molecule has 20 heavy (non-hydrogen) atoms. The molecule has 2 aromatic rings. The molecule has 1 atom stereocenters. The Morgan fingerprint density at radius 2 is 1.95 bits per heavy atom. The highest BCUT2D eigenvalue weighted by molar-refractivity contribution is 7.12. The Balaban J connectivity index is 2.18. The molecular weight excluding hydrogens is 298 g/mol. The van der Waals surface area contributed by atoms with Gasteiger partial charge in [0.1, 0.15) is 4.88 Å². The fraction of sp³-hybridized carbons (Fsp3) is 0.143. The van der Waals surface area contributed by atoms with E-state index < -0.39 is 12.0 Å². The van der Waals surface area contributed by atoms with E-state index in [4.69, 9.17) is 16.7 Å². The minimum absolute atomic E-state index is 0.182. The number of carboxylic acid groups (broad SMARTS) is 1. The molecule has 0 bridgehead atoms. The first-order valence-electron chi connectivity index (χ1n) is 5.88. The number of aliphatic carboxylic acids is 1. The normalized spacial score (nSPS) is 11.8. The minimum Gasteiger partial charge on any atom is -0.481 e. The van der Waals surface area contributed by atoms with E-state index in [0.717, 1.165) is 5.56 Å². The van der Waals surface area contributed by atoms with Gasteiger partial charge in [-0.3, -0.25) is 9.59 Å². The Morgan fingerprint density at radius 1 is 1.25 bits per heavy atom. The van der Waals surface area contributed by atoms with E-state index in [1.807, 2.05) is 6.07 Å². The van der Waals surface area contributed by atoms with Gasteiger partial charge in [0.15, 0.2) is 0 Å². The van der Waals surface area contributed by atoms with Crippen LogP contribution >= 0.6 is 22.9 Å². The molecule has 2 rings (SSSR count). The molecule has 0 radical (unpaired) electrons. The predicted octanol–water partition coefficient (Wildman–Crippen LogP) is 3.35. The highest BCUT2D eigenvalue weighted by atomic mass is 35.5. The SMILES string of the molecule is O=C(O)CC(NC(=O)c1sccc1Cl)c1ccccc1. The molecule has 0 aliphatic rings. The standard InChI is InChI=1S/C14H12ClNO3S/c15-10-6-7-20-13(10)14(19)16-11(8-12(17)18)9-4-2-1-3-5-9/h1-7,11H,8H2,(H,16,19)(H,17,18). The van der Waals surface area contributed by atoms with Crippen LogP contribution in [0.1, 0.15) is 27.7 Å². The van der Waals surface area contributed by atoms with Gasteiger partial charge in [-0.15, -0.1) is 11.3 Å². The number of thiophene rings is 1. The number of hydrogen-bond acceptors (Lipinski definition) is 3. The molecule has 1 aromatic carbocycles. The van der Waals surface area contributed by atoms with Crippen molar-refractivity contribution in [1.29, 1.82) is 0 Å². The van der Waals surface area contributed by atoms with E-state index in [1.165, 1.54) is 11.3 Å². The van der Waals surface area contributed by atoms with Crippen molar-refractivity contribution in [2.75, 3.05) is 0 Å². The number of rotatable bonds is 5. The van der Waals surface area contributed by atoms with E-state index in [0.29, 0.717) is 9.90 Å². The number of halogens is 1. The van der Waals surface area contributed by atoms with Gasteiger partial charge in [-0.25, -0.2) is 0 Å². The zero-order chi connectivity index (χ0) is 14.5. The first kappa shape index (κ1) is 14.6. The number of amides is 1. The predicted molar refractivity (Wildman–Crippen MR) is 78.2 cm³/mol. The van der Waals surface area contributed by atoms with E-state index >= 15 is 0 Å². The Bertz CT molecular complexity index is 612. The molecule has 1 heterocycles. The molecule has 1 aromatic heterocycles. The summed E-state index contributed by atoms with van der Waals surface area (Å²) in [7, 11) is 0. The Morgan fingerprint density at radius 3 is 2.50 bits per heavy atom. The maximum absolute atomic E-state index is 12.1. The van der Waals surface area contributed by atoms with Gasteiger partial charge >= 0.3 is 5.97 Å². The third-order valence-corrected chi connectivity index (χ3v) is 4.05. The lowest BCUT2D eigenvalue weighted by molar-refractivity contribution is -0.137. The zero-order valence-electron chi connectivity index (χ0n) is 10.4. The highest BCUT2D eigenvalue weighted by Crippen LogP contribution is 2.24. The summed E-state index contributed by atoms with van der Waals surface area (Å²) in [6.07, 6.45) is -0.182. The molecule has 0 saturated heterocycles. The second-order valence-electron chi connectivity index (χ2n) is 4.13. The molecule has 0 aliphatic heterocycles. The summed E-state index contributed by atoms with van der Waals surface area (Å²) in [5.41, 5.74) is 0.746. The van der Waals surface area contributed by atoms with Gasteiger partial charge < -0.3 is 10.4 Å². The van der Waals surface area contributed by atoms with E-state index in [9.17, 15) is 9.59 Å². The van der Waals surface area contributed by atoms with Crippen LogP contribution in [0.2, 0.25) is 5.02 Å². The first-order chi connectivity index (χ1) is 9.58. The van der Waals surface area contributed by atoms with Crippen molar-refractivity contribution in [3.05, 3.63) is 57.2 Å². The number of carbonyl (C=O) groups excluding carboxylic acids is 1. The summed E-state index contributed by atoms with van der Waals surface area (Å²) in [6, 6.07) is 10.0. The fourth-order valence-electron chi connectivity index (χ4n) is 1.79. The Kier molecular flexibility index (Phi) is 4.76. The van der Waals surface area contributed by atoms with Crippen LogP contribution in [0.5, 0.6) is 0 Å². The molecule has 104 valence electrons. The molecule has 0 fully saturated rings. The number of benzene rings is 1. The lowest BCUT2D eigenvalue weighted by atomic mass is 10.0. The molecule has 0 saturated carbocycles. The molecule has 0 aliphatic carbocycles. The lowest BCUT2D eigenvalue weighted by Crippen LogP contribution is -2.29. The molecule has 1 amide bonds. The van der Waals surface area contributed by atoms with E-state index in [1.54, 1.807) is 35.7 Å². The molecule has 4 nitrogen and oxygen atoms in total. The second kappa shape index (κ2) is 6.54. The van der Waals surface area contributed by atoms with Gasteiger partial charge in [0.25, 0.3) is 5.91 Å². The molecule has 2 N–H and O–H groups in total. The van der Waals surface area contributed by atoms with Crippen LogP contribution in [0.4, 0.5) is 0 Å². The van der Waals surface area contributed by atoms with Gasteiger partial charge in [0.05, 0.1) is 17.5 Å². The number of nitrogens with one attached hydrogen (secondary N) is 1. The largest absolute Gasteiger partial charge is 0.481 e. The quantitative estimate of drug-likeness (QED) is 0.890. The van der Waals surface area contributed by atoms with Crippen LogP contribution in [0.25, 0.3) is 0 Å². The van der Waals surface area contributed by atoms with Crippen molar-refractivity contribution in [2.45, 2.75) is 12.5 Å². The number of carbonyl (C=O) groups is 2. The maximum Gasteiger partial charge on any atom is 0.305 e. The number of hydrogen-bond donors (Lipinski definition) is 2. The van der Waals surface area contributed by atoms with Crippen LogP contribution in [0.15, 0.2) is 41.8 Å². The van der Waals surface area contributed by atoms with Crippen LogP contribution in [0.3, 0.4) is 0 Å². The molecule has 6 heteroatoms. The monoisotopic (exact) mass is 309 g/mol. The fourth-order valence-corrected chi connectivity index (χ4v) is 2.84. The van der Waals surface area contributed by atoms with Gasteiger partial charge in [0.2, 0.25) is 0 Å². The van der Waals surface area contributed by atoms with Crippen molar-refractivity contribution in [3.8, 4) is 0 Å². The van der Waals surface area contributed by atoms with Crippen molar-refractivity contribution < 1.29 is 14.7 Å². The van der Waals surface area contributed by atoms with Gasteiger partial charge in [0, 0.05) is 0 Å². The third kappa shape index (κ3) is 3.59. The smallest absolute Gasteiger partial charge is 0.305 e. The van der Waals surface area contributed by atoms with Gasteiger partial charge in [-0.05, 0) is 17.0 Å². The topological polar surface area (TPSA) is 66.4 Å². The summed E-state index contributed by atoms with van der Waals surface area (Å²) in [6.45, 7) is 0. The second-order valence-corrected chi connectivity index (χ2v) is 5.46. The van der Waals surface area contributed by atoms with E-state index in [-0.39, 0.29) is 12.3 Å². The average molecular weight is 310 g/mol. The van der Waals surface area contributed by atoms with Gasteiger partial charge in [-0.2, -0.15) is 0 Å². The summed E-state index contributed by atoms with van der Waals surface area (Å²) in [5, 5.41) is 13.8. The summed E-state index contributed by atoms with van der Waals surface area (Å²) >= 11 is 7.13. The van der Waals surface area contributed by atoms with Crippen molar-refractivity contribution in [2.24, 2.45) is 0 Å². The van der Waals surface area contributed by atoms with Crippen molar-refractivity contribution >= 4 is 34.8 Å². The van der Waals surface area contributed by atoms with Crippen LogP contribution in [-0.2, 0) is 4.79 Å². The van der Waals surface area contributed by atoms with Crippen molar-refractivity contribution in [3.63, 3.8) is 0 Å². The molecule has 0 spiro atoms. The average Bonchev–Trinajstić information content (AvgIpc) is 2.85. The first-order valence-corrected chi connectivity index (χ1v) is 7.14. The summed E-state index contributed by atoms with van der Waals surface area (Å²) in [5.74, 6) is -1.34. The van der Waals surface area contributed by atoms with Crippen LogP contribution in [0, 0.1) is 0 Å². The summed E-state index contributed by atoms with van der Waals surface area (Å²) in [4.78, 5) is 23.4. The Labute approximate surface area is 125 Å². The van der Waals surface area contributed by atoms with Crippen LogP contribution < -0.4 is 5.32 Å². The Hall–Kier alpha value is -1.85. The highest BCUT2D eigenvalue weighted by Gasteiger charge is 2.20.